The molecule has 14 heavy (non-hydrogen) atoms. The Morgan fingerprint density at radius 3 is 2.57 bits per heavy atom. The molecule has 0 unspecified atom stereocenters. The summed E-state index contributed by atoms with van der Waals surface area (Å²) in [5.41, 5.74) is 11.4. The number of amides is 2. The van der Waals surface area contributed by atoms with E-state index in [1.54, 1.807) is 18.2 Å². The van der Waals surface area contributed by atoms with Crippen LogP contribution < -0.4 is 16.8 Å². The van der Waals surface area contributed by atoms with E-state index in [1.165, 1.54) is 0 Å². The third-order valence-electron chi connectivity index (χ3n) is 1.51. The molecule has 0 atom stereocenters. The summed E-state index contributed by atoms with van der Waals surface area (Å²) in [6, 6.07) is 4.13. The van der Waals surface area contributed by atoms with Crippen LogP contribution in [-0.4, -0.2) is 11.0 Å². The predicted molar refractivity (Wildman–Crippen MR) is 60.5 cm³/mol. The number of carbonyl (C=O) groups is 1. The first kappa shape index (κ1) is 10.7. The second-order valence-corrected chi connectivity index (χ2v) is 3.40. The average Bonchev–Trinajstić information content (AvgIpc) is 2.07. The molecule has 4 nitrogen and oxygen atoms in total. The van der Waals surface area contributed by atoms with Crippen molar-refractivity contribution in [2.75, 3.05) is 5.32 Å². The molecule has 74 valence electrons. The van der Waals surface area contributed by atoms with Gasteiger partial charge < -0.3 is 16.8 Å². The molecule has 0 radical (unpaired) electrons. The van der Waals surface area contributed by atoms with Gasteiger partial charge in [0.2, 0.25) is 0 Å². The van der Waals surface area contributed by atoms with Gasteiger partial charge in [0, 0.05) is 5.56 Å². The van der Waals surface area contributed by atoms with Crippen LogP contribution in [0.25, 0.3) is 0 Å². The van der Waals surface area contributed by atoms with Gasteiger partial charge in [-0.05, 0) is 12.1 Å². The second-order valence-electron chi connectivity index (χ2n) is 2.55. The molecule has 0 aliphatic heterocycles. The van der Waals surface area contributed by atoms with Crippen molar-refractivity contribution in [3.05, 3.63) is 28.8 Å². The number of thiocarbonyl (C=S) groups is 1. The van der Waals surface area contributed by atoms with Crippen molar-refractivity contribution in [2.24, 2.45) is 11.5 Å². The van der Waals surface area contributed by atoms with E-state index in [0.29, 0.717) is 16.3 Å². The molecular weight excluding hydrogens is 222 g/mol. The number of nitrogens with two attached hydrogens (primary N) is 2. The van der Waals surface area contributed by atoms with E-state index in [2.05, 4.69) is 5.32 Å². The number of carbonyl (C=O) groups excluding carboxylic acids is 1. The summed E-state index contributed by atoms with van der Waals surface area (Å²) in [4.78, 5) is 10.8. The molecule has 0 fully saturated rings. The molecule has 0 saturated carbocycles. The van der Waals surface area contributed by atoms with E-state index in [1.807, 2.05) is 0 Å². The molecule has 1 rings (SSSR count). The second kappa shape index (κ2) is 4.26. The van der Waals surface area contributed by atoms with Crippen LogP contribution >= 0.6 is 23.8 Å². The van der Waals surface area contributed by atoms with Crippen LogP contribution in [0.1, 0.15) is 5.56 Å². The Balaban J connectivity index is 3.08. The van der Waals surface area contributed by atoms with Gasteiger partial charge in [-0.15, -0.1) is 0 Å². The van der Waals surface area contributed by atoms with Gasteiger partial charge in [-0.25, -0.2) is 4.79 Å². The predicted octanol–water partition coefficient (Wildman–Crippen LogP) is 1.46. The lowest BCUT2D eigenvalue weighted by Crippen LogP contribution is -2.20. The lowest BCUT2D eigenvalue weighted by Gasteiger charge is -2.06. The third-order valence-corrected chi connectivity index (χ3v) is 2.07. The number of rotatable bonds is 2. The summed E-state index contributed by atoms with van der Waals surface area (Å²) in [6.45, 7) is 0. The Morgan fingerprint density at radius 2 is 2.07 bits per heavy atom. The lowest BCUT2D eigenvalue weighted by molar-refractivity contribution is 0.259. The molecule has 0 bridgehead atoms. The number of primary amides is 1. The minimum atomic E-state index is -0.688. The van der Waals surface area contributed by atoms with E-state index in [9.17, 15) is 4.79 Å². The summed E-state index contributed by atoms with van der Waals surface area (Å²) in [6.07, 6.45) is 0. The fourth-order valence-electron chi connectivity index (χ4n) is 0.907. The summed E-state index contributed by atoms with van der Waals surface area (Å²) >= 11 is 10.6. The van der Waals surface area contributed by atoms with Crippen molar-refractivity contribution >= 4 is 40.5 Å². The Morgan fingerprint density at radius 1 is 1.43 bits per heavy atom. The minimum absolute atomic E-state index is 0.231. The molecule has 1 aromatic carbocycles. The molecule has 5 N–H and O–H groups in total. The van der Waals surface area contributed by atoms with Crippen LogP contribution in [0, 0.1) is 0 Å². The van der Waals surface area contributed by atoms with Crippen molar-refractivity contribution in [3.8, 4) is 0 Å². The number of benzene rings is 1. The van der Waals surface area contributed by atoms with Gasteiger partial charge >= 0.3 is 6.03 Å². The monoisotopic (exact) mass is 229 g/mol. The zero-order valence-electron chi connectivity index (χ0n) is 7.08. The lowest BCUT2D eigenvalue weighted by atomic mass is 10.2. The smallest absolute Gasteiger partial charge is 0.316 e. The Hall–Kier alpha value is -1.33. The van der Waals surface area contributed by atoms with Crippen molar-refractivity contribution in [1.82, 2.24) is 0 Å². The molecular formula is C8H8ClN3OS. The van der Waals surface area contributed by atoms with Crippen LogP contribution in [0.15, 0.2) is 18.2 Å². The van der Waals surface area contributed by atoms with E-state index in [0.717, 1.165) is 0 Å². The first-order valence-corrected chi connectivity index (χ1v) is 4.45. The topological polar surface area (TPSA) is 81.1 Å². The number of anilines is 1. The molecule has 0 aliphatic carbocycles. The van der Waals surface area contributed by atoms with Gasteiger partial charge in [-0.3, -0.25) is 0 Å². The zero-order chi connectivity index (χ0) is 10.7. The van der Waals surface area contributed by atoms with E-state index < -0.39 is 6.03 Å². The summed E-state index contributed by atoms with van der Waals surface area (Å²) in [5, 5.41) is 2.74. The first-order chi connectivity index (χ1) is 6.50. The Labute approximate surface area is 91.2 Å². The molecule has 0 spiro atoms. The highest BCUT2D eigenvalue weighted by atomic mass is 35.5. The maximum atomic E-state index is 10.6. The third kappa shape index (κ3) is 2.58. The van der Waals surface area contributed by atoms with E-state index in [4.69, 9.17) is 35.3 Å². The summed E-state index contributed by atoms with van der Waals surface area (Å²) in [7, 11) is 0. The highest BCUT2D eigenvalue weighted by Gasteiger charge is 2.05. The quantitative estimate of drug-likeness (QED) is 0.672. The molecule has 0 aliphatic rings. The zero-order valence-corrected chi connectivity index (χ0v) is 8.65. The molecule has 6 heteroatoms. The van der Waals surface area contributed by atoms with Gasteiger partial charge in [-0.2, -0.15) is 0 Å². The van der Waals surface area contributed by atoms with Crippen molar-refractivity contribution in [3.63, 3.8) is 0 Å². The standard InChI is InChI=1S/C8H8ClN3OS/c9-5-2-1-4(7(10)14)3-6(5)12-8(11)13/h1-3H,(H2,10,14)(H3,11,12,13). The van der Waals surface area contributed by atoms with Gasteiger partial charge in [0.1, 0.15) is 4.99 Å². The molecule has 0 heterocycles. The average molecular weight is 230 g/mol. The van der Waals surface area contributed by atoms with E-state index >= 15 is 0 Å². The van der Waals surface area contributed by atoms with Gasteiger partial charge in [0.05, 0.1) is 10.7 Å². The summed E-state index contributed by atoms with van der Waals surface area (Å²) in [5.74, 6) is 0. The highest BCUT2D eigenvalue weighted by molar-refractivity contribution is 7.80. The van der Waals surface area contributed by atoms with Crippen LogP contribution in [0.2, 0.25) is 5.02 Å². The van der Waals surface area contributed by atoms with Crippen LogP contribution in [0.4, 0.5) is 10.5 Å². The Bertz CT molecular complexity index is 394. The maximum absolute atomic E-state index is 10.6. The SMILES string of the molecule is NC(=O)Nc1cc(C(N)=S)ccc1Cl. The number of urea groups is 1. The highest BCUT2D eigenvalue weighted by Crippen LogP contribution is 2.22. The van der Waals surface area contributed by atoms with Crippen LogP contribution in [0.5, 0.6) is 0 Å². The molecule has 2 amide bonds. The molecule has 0 aromatic heterocycles. The molecule has 1 aromatic rings. The Kier molecular flexibility index (Phi) is 3.27. The number of hydrogen-bond donors (Lipinski definition) is 3. The number of nitrogens with one attached hydrogen (secondary N) is 1. The van der Waals surface area contributed by atoms with Gasteiger partial charge in [0.25, 0.3) is 0 Å². The van der Waals surface area contributed by atoms with Crippen molar-refractivity contribution in [1.29, 1.82) is 0 Å². The first-order valence-electron chi connectivity index (χ1n) is 3.66. The van der Waals surface area contributed by atoms with Gasteiger partial charge in [-0.1, -0.05) is 29.9 Å². The normalized spacial score (nSPS) is 9.50. The largest absolute Gasteiger partial charge is 0.389 e. The van der Waals surface area contributed by atoms with Gasteiger partial charge in [0.15, 0.2) is 0 Å². The minimum Gasteiger partial charge on any atom is -0.389 e. The summed E-state index contributed by atoms with van der Waals surface area (Å²) < 4.78 is 0. The van der Waals surface area contributed by atoms with Crippen LogP contribution in [-0.2, 0) is 0 Å². The van der Waals surface area contributed by atoms with Crippen molar-refractivity contribution < 1.29 is 4.79 Å². The molecule has 0 saturated heterocycles. The fraction of sp³-hybridized carbons (Fsp3) is 0. The van der Waals surface area contributed by atoms with Crippen LogP contribution in [0.3, 0.4) is 0 Å². The maximum Gasteiger partial charge on any atom is 0.316 e. The van der Waals surface area contributed by atoms with E-state index in [-0.39, 0.29) is 4.99 Å². The number of hydrogen-bond acceptors (Lipinski definition) is 2. The fourth-order valence-corrected chi connectivity index (χ4v) is 1.20. The number of halogens is 1. The van der Waals surface area contributed by atoms with Crippen molar-refractivity contribution in [2.45, 2.75) is 0 Å².